The predicted octanol–water partition coefficient (Wildman–Crippen LogP) is 3.35. The minimum atomic E-state index is 0.0940. The first kappa shape index (κ1) is 10.9. The molecule has 1 saturated carbocycles. The van der Waals surface area contributed by atoms with Gasteiger partial charge in [0.25, 0.3) is 0 Å². The fraction of sp³-hybridized carbons (Fsp3) is 0.818. The number of nitrogens with one attached hydrogen (secondary N) is 1. The summed E-state index contributed by atoms with van der Waals surface area (Å²) in [5.41, 5.74) is 0.0940. The molecule has 1 aliphatic rings. The molecule has 1 aromatic heterocycles. The van der Waals surface area contributed by atoms with E-state index >= 15 is 0 Å². The Labute approximate surface area is 95.9 Å². The van der Waals surface area contributed by atoms with Crippen molar-refractivity contribution in [2.75, 3.05) is 0 Å². The molecule has 2 rings (SSSR count). The van der Waals surface area contributed by atoms with Gasteiger partial charge >= 0.3 is 0 Å². The summed E-state index contributed by atoms with van der Waals surface area (Å²) in [6.07, 6.45) is 4.84. The minimum absolute atomic E-state index is 0.0940. The van der Waals surface area contributed by atoms with Crippen LogP contribution < -0.4 is 0 Å². The zero-order chi connectivity index (χ0) is 11.1. The first-order valence-corrected chi connectivity index (χ1v) is 6.15. The van der Waals surface area contributed by atoms with Crippen LogP contribution in [0.1, 0.15) is 58.2 Å². The number of hydrogen-bond acceptors (Lipinski definition) is 2. The van der Waals surface area contributed by atoms with Gasteiger partial charge in [0.1, 0.15) is 5.82 Å². The summed E-state index contributed by atoms with van der Waals surface area (Å²) in [6.45, 7) is 6.70. The van der Waals surface area contributed by atoms with Crippen LogP contribution in [0.2, 0.25) is 0 Å². The largest absolute Gasteiger partial charge is 0.298 e. The van der Waals surface area contributed by atoms with Crippen LogP contribution in [0.15, 0.2) is 0 Å². The van der Waals surface area contributed by atoms with E-state index < -0.39 is 0 Å². The highest BCUT2D eigenvalue weighted by molar-refractivity contribution is 7.71. The van der Waals surface area contributed by atoms with Gasteiger partial charge in [-0.2, -0.15) is 5.10 Å². The molecular formula is C11H19N3S. The minimum Gasteiger partial charge on any atom is -0.298 e. The van der Waals surface area contributed by atoms with Crippen LogP contribution in [-0.2, 0) is 5.54 Å². The van der Waals surface area contributed by atoms with Gasteiger partial charge in [0.2, 0.25) is 0 Å². The Morgan fingerprint density at radius 3 is 2.73 bits per heavy atom. The maximum Gasteiger partial charge on any atom is 0.195 e. The number of aromatic amines is 1. The molecular weight excluding hydrogens is 206 g/mol. The molecule has 1 N–H and O–H groups in total. The Hall–Kier alpha value is -0.640. The fourth-order valence-corrected chi connectivity index (χ4v) is 2.62. The lowest BCUT2D eigenvalue weighted by Gasteiger charge is -2.27. The molecule has 84 valence electrons. The molecule has 4 heteroatoms. The Balaban J connectivity index is 2.40. The van der Waals surface area contributed by atoms with E-state index in [0.717, 1.165) is 11.2 Å². The van der Waals surface area contributed by atoms with Crippen LogP contribution in [0, 0.1) is 4.77 Å². The zero-order valence-corrected chi connectivity index (χ0v) is 10.5. The van der Waals surface area contributed by atoms with Gasteiger partial charge in [-0.25, -0.2) is 0 Å². The van der Waals surface area contributed by atoms with Gasteiger partial charge in [0.05, 0.1) is 0 Å². The van der Waals surface area contributed by atoms with Gasteiger partial charge in [0.15, 0.2) is 4.77 Å². The zero-order valence-electron chi connectivity index (χ0n) is 9.71. The number of nitrogens with zero attached hydrogens (tertiary/aromatic N) is 2. The Morgan fingerprint density at radius 2 is 2.20 bits per heavy atom. The summed E-state index contributed by atoms with van der Waals surface area (Å²) in [5.74, 6) is 1.81. The van der Waals surface area contributed by atoms with E-state index in [0.29, 0.717) is 5.92 Å². The van der Waals surface area contributed by atoms with E-state index in [4.69, 9.17) is 12.2 Å². The van der Waals surface area contributed by atoms with Crippen molar-refractivity contribution in [3.63, 3.8) is 0 Å². The van der Waals surface area contributed by atoms with Crippen LogP contribution in [0.4, 0.5) is 0 Å². The molecule has 0 atom stereocenters. The van der Waals surface area contributed by atoms with E-state index in [1.807, 2.05) is 0 Å². The highest BCUT2D eigenvalue weighted by Gasteiger charge is 2.33. The second-order valence-corrected chi connectivity index (χ2v) is 5.45. The van der Waals surface area contributed by atoms with Crippen molar-refractivity contribution in [3.8, 4) is 0 Å². The molecule has 1 fully saturated rings. The molecule has 1 aromatic rings. The molecule has 0 aromatic carbocycles. The predicted molar refractivity (Wildman–Crippen MR) is 63.6 cm³/mol. The lowest BCUT2D eigenvalue weighted by Crippen LogP contribution is -2.28. The fourth-order valence-electron chi connectivity index (χ4n) is 2.23. The number of rotatable bonds is 4. The van der Waals surface area contributed by atoms with Gasteiger partial charge in [-0.15, -0.1) is 0 Å². The van der Waals surface area contributed by atoms with Gasteiger partial charge in [-0.1, -0.05) is 13.3 Å². The Bertz CT molecular complexity index is 398. The topological polar surface area (TPSA) is 33.6 Å². The van der Waals surface area contributed by atoms with Gasteiger partial charge in [-0.05, 0) is 45.3 Å². The van der Waals surface area contributed by atoms with Crippen LogP contribution in [0.5, 0.6) is 0 Å². The van der Waals surface area contributed by atoms with Crippen LogP contribution >= 0.6 is 12.2 Å². The highest BCUT2D eigenvalue weighted by Crippen LogP contribution is 2.41. The van der Waals surface area contributed by atoms with Crippen molar-refractivity contribution in [1.82, 2.24) is 14.8 Å². The molecule has 15 heavy (non-hydrogen) atoms. The van der Waals surface area contributed by atoms with Crippen LogP contribution in [0.25, 0.3) is 0 Å². The second kappa shape index (κ2) is 3.74. The number of aromatic nitrogens is 3. The Kier molecular flexibility index (Phi) is 2.71. The average Bonchev–Trinajstić information content (AvgIpc) is 2.89. The average molecular weight is 225 g/mol. The van der Waals surface area contributed by atoms with Gasteiger partial charge < -0.3 is 0 Å². The van der Waals surface area contributed by atoms with Crippen molar-refractivity contribution in [3.05, 3.63) is 10.6 Å². The van der Waals surface area contributed by atoms with Crippen molar-refractivity contribution >= 4 is 12.2 Å². The summed E-state index contributed by atoms with van der Waals surface area (Å²) in [6, 6.07) is 0. The first-order chi connectivity index (χ1) is 7.06. The van der Waals surface area contributed by atoms with E-state index in [1.54, 1.807) is 0 Å². The molecule has 0 aliphatic heterocycles. The first-order valence-electron chi connectivity index (χ1n) is 5.74. The van der Waals surface area contributed by atoms with E-state index in [2.05, 4.69) is 35.5 Å². The van der Waals surface area contributed by atoms with Crippen molar-refractivity contribution in [1.29, 1.82) is 0 Å². The van der Waals surface area contributed by atoms with Crippen molar-refractivity contribution in [2.45, 2.75) is 57.9 Å². The molecule has 0 bridgehead atoms. The summed E-state index contributed by atoms with van der Waals surface area (Å²) < 4.78 is 3.00. The second-order valence-electron chi connectivity index (χ2n) is 5.06. The van der Waals surface area contributed by atoms with Crippen molar-refractivity contribution < 1.29 is 0 Å². The maximum atomic E-state index is 5.33. The van der Waals surface area contributed by atoms with Crippen LogP contribution in [0.3, 0.4) is 0 Å². The van der Waals surface area contributed by atoms with Gasteiger partial charge in [0, 0.05) is 11.5 Å². The summed E-state index contributed by atoms with van der Waals surface area (Å²) >= 11 is 5.33. The maximum absolute atomic E-state index is 5.33. The lowest BCUT2D eigenvalue weighted by atomic mass is 9.98. The lowest BCUT2D eigenvalue weighted by molar-refractivity contribution is 0.310. The number of hydrogen-bond donors (Lipinski definition) is 1. The summed E-state index contributed by atoms with van der Waals surface area (Å²) in [7, 11) is 0. The molecule has 0 radical (unpaired) electrons. The third-order valence-electron chi connectivity index (χ3n) is 3.11. The smallest absolute Gasteiger partial charge is 0.195 e. The SMILES string of the molecule is CCCC(C)(C)n1c(C2CC2)n[nH]c1=S. The number of H-pyrrole nitrogens is 1. The monoisotopic (exact) mass is 225 g/mol. The van der Waals surface area contributed by atoms with E-state index in [1.165, 1.54) is 25.1 Å². The molecule has 1 heterocycles. The normalized spacial score (nSPS) is 17.0. The molecule has 1 aliphatic carbocycles. The van der Waals surface area contributed by atoms with E-state index in [9.17, 15) is 0 Å². The third-order valence-corrected chi connectivity index (χ3v) is 3.38. The Morgan fingerprint density at radius 1 is 1.53 bits per heavy atom. The molecule has 0 unspecified atom stereocenters. The molecule has 0 saturated heterocycles. The molecule has 3 nitrogen and oxygen atoms in total. The summed E-state index contributed by atoms with van der Waals surface area (Å²) in [4.78, 5) is 0. The highest BCUT2D eigenvalue weighted by atomic mass is 32.1. The molecule has 0 spiro atoms. The third kappa shape index (κ3) is 2.00. The molecule has 0 amide bonds. The van der Waals surface area contributed by atoms with E-state index in [-0.39, 0.29) is 5.54 Å². The quantitative estimate of drug-likeness (QED) is 0.797. The summed E-state index contributed by atoms with van der Waals surface area (Å²) in [5, 5.41) is 7.31. The van der Waals surface area contributed by atoms with Gasteiger partial charge in [-0.3, -0.25) is 9.67 Å². The van der Waals surface area contributed by atoms with Crippen LogP contribution in [-0.4, -0.2) is 14.8 Å². The standard InChI is InChI=1S/C11H19N3S/c1-4-7-11(2,3)14-9(8-5-6-8)12-13-10(14)15/h8H,4-7H2,1-3H3,(H,13,15). The van der Waals surface area contributed by atoms with Crippen molar-refractivity contribution in [2.24, 2.45) is 0 Å².